The average Bonchev–Trinajstić information content (AvgIpc) is 1.61. The third kappa shape index (κ3) is 6.70. The van der Waals surface area contributed by atoms with Crippen molar-refractivity contribution >= 4 is 24.4 Å². The van der Waals surface area contributed by atoms with E-state index in [9.17, 15) is 0 Å². The van der Waals surface area contributed by atoms with Gasteiger partial charge in [-0.15, -0.1) is 11.8 Å². The van der Waals surface area contributed by atoms with E-state index in [2.05, 4.69) is 26.5 Å². The zero-order valence-corrected chi connectivity index (χ0v) is 6.56. The van der Waals surface area contributed by atoms with Gasteiger partial charge in [0.2, 0.25) is 0 Å². The van der Waals surface area contributed by atoms with Crippen LogP contribution in [0.2, 0.25) is 0 Å². The van der Waals surface area contributed by atoms with E-state index in [1.165, 1.54) is 12.2 Å². The first-order chi connectivity index (χ1) is 3.27. The van der Waals surface area contributed by atoms with Gasteiger partial charge in [0.25, 0.3) is 0 Å². The minimum atomic E-state index is 0.514. The van der Waals surface area contributed by atoms with Gasteiger partial charge in [-0.1, -0.05) is 6.92 Å². The molecule has 0 fully saturated rings. The number of hydrogen-bond acceptors (Lipinski definition) is 2. The van der Waals surface area contributed by atoms with Crippen LogP contribution in [-0.2, 0) is 0 Å². The SMILES string of the molecule is CCCSC(C)S. The molecule has 0 aliphatic rings. The van der Waals surface area contributed by atoms with Gasteiger partial charge in [0.1, 0.15) is 0 Å². The summed E-state index contributed by atoms with van der Waals surface area (Å²) in [6.07, 6.45) is 1.26. The van der Waals surface area contributed by atoms with E-state index in [4.69, 9.17) is 0 Å². The zero-order chi connectivity index (χ0) is 5.70. The lowest BCUT2D eigenvalue weighted by Gasteiger charge is -1.98. The predicted molar refractivity (Wildman–Crippen MR) is 41.2 cm³/mol. The molecule has 0 aromatic rings. The van der Waals surface area contributed by atoms with Crippen LogP contribution < -0.4 is 0 Å². The van der Waals surface area contributed by atoms with E-state index in [1.54, 1.807) is 0 Å². The lowest BCUT2D eigenvalue weighted by Crippen LogP contribution is -1.83. The Hall–Kier alpha value is 0.700. The standard InChI is InChI=1S/C5H12S2/c1-3-4-7-5(2)6/h5-6H,3-4H2,1-2H3. The third-order valence-corrected chi connectivity index (χ3v) is 2.14. The fraction of sp³-hybridized carbons (Fsp3) is 1.00. The Labute approximate surface area is 55.5 Å². The lowest BCUT2D eigenvalue weighted by atomic mass is 10.6. The lowest BCUT2D eigenvalue weighted by molar-refractivity contribution is 1.10. The maximum Gasteiger partial charge on any atom is 0.0444 e. The number of rotatable bonds is 3. The number of thiol groups is 1. The van der Waals surface area contributed by atoms with E-state index in [-0.39, 0.29) is 0 Å². The smallest absolute Gasteiger partial charge is 0.0444 e. The van der Waals surface area contributed by atoms with E-state index in [1.807, 2.05) is 11.8 Å². The van der Waals surface area contributed by atoms with Gasteiger partial charge in [-0.3, -0.25) is 0 Å². The first-order valence-electron chi connectivity index (χ1n) is 2.57. The molecule has 0 saturated carbocycles. The summed E-state index contributed by atoms with van der Waals surface area (Å²) in [6.45, 7) is 4.28. The summed E-state index contributed by atoms with van der Waals surface area (Å²) in [5.74, 6) is 1.24. The molecule has 0 aromatic carbocycles. The van der Waals surface area contributed by atoms with Gasteiger partial charge in [0.15, 0.2) is 0 Å². The van der Waals surface area contributed by atoms with Crippen LogP contribution in [0.5, 0.6) is 0 Å². The van der Waals surface area contributed by atoms with Crippen LogP contribution in [-0.4, -0.2) is 10.3 Å². The molecule has 0 saturated heterocycles. The Balaban J connectivity index is 2.68. The first kappa shape index (κ1) is 7.70. The van der Waals surface area contributed by atoms with Crippen LogP contribution in [0.1, 0.15) is 20.3 Å². The molecule has 7 heavy (non-hydrogen) atoms. The van der Waals surface area contributed by atoms with Crippen molar-refractivity contribution in [2.45, 2.75) is 24.9 Å². The van der Waals surface area contributed by atoms with Crippen molar-refractivity contribution in [3.8, 4) is 0 Å². The van der Waals surface area contributed by atoms with E-state index in [0.29, 0.717) is 4.58 Å². The summed E-state index contributed by atoms with van der Waals surface area (Å²) in [4.78, 5) is 0. The molecule has 0 spiro atoms. The second kappa shape index (κ2) is 4.85. The van der Waals surface area contributed by atoms with Crippen molar-refractivity contribution < 1.29 is 0 Å². The van der Waals surface area contributed by atoms with E-state index >= 15 is 0 Å². The largest absolute Gasteiger partial charge is 0.165 e. The highest BCUT2D eigenvalue weighted by molar-refractivity contribution is 8.10. The van der Waals surface area contributed by atoms with E-state index < -0.39 is 0 Å². The van der Waals surface area contributed by atoms with Crippen LogP contribution in [0.4, 0.5) is 0 Å². The molecule has 44 valence electrons. The topological polar surface area (TPSA) is 0 Å². The normalized spacial score (nSPS) is 14.1. The van der Waals surface area contributed by atoms with Gasteiger partial charge < -0.3 is 0 Å². The number of hydrogen-bond donors (Lipinski definition) is 1. The zero-order valence-electron chi connectivity index (χ0n) is 4.85. The Morgan fingerprint density at radius 3 is 2.43 bits per heavy atom. The molecule has 0 aliphatic carbocycles. The molecule has 0 amide bonds. The molecule has 0 N–H and O–H groups in total. The highest BCUT2D eigenvalue weighted by atomic mass is 32.2. The molecular formula is C5H12S2. The molecule has 1 unspecified atom stereocenters. The quantitative estimate of drug-likeness (QED) is 0.459. The molecule has 0 radical (unpaired) electrons. The van der Waals surface area contributed by atoms with Crippen molar-refractivity contribution in [1.82, 2.24) is 0 Å². The van der Waals surface area contributed by atoms with Crippen LogP contribution in [0.25, 0.3) is 0 Å². The Bertz CT molecular complexity index is 35.1. The Kier molecular flexibility index (Phi) is 5.33. The van der Waals surface area contributed by atoms with Gasteiger partial charge in [-0.25, -0.2) is 0 Å². The summed E-state index contributed by atoms with van der Waals surface area (Å²) in [5, 5.41) is 0. The van der Waals surface area contributed by atoms with Crippen molar-refractivity contribution in [2.24, 2.45) is 0 Å². The Morgan fingerprint density at radius 1 is 1.71 bits per heavy atom. The minimum absolute atomic E-state index is 0.514. The molecule has 0 aromatic heterocycles. The minimum Gasteiger partial charge on any atom is -0.165 e. The van der Waals surface area contributed by atoms with Crippen molar-refractivity contribution in [3.05, 3.63) is 0 Å². The molecular weight excluding hydrogens is 124 g/mol. The summed E-state index contributed by atoms with van der Waals surface area (Å²) >= 11 is 6.09. The molecule has 0 nitrogen and oxygen atoms in total. The molecule has 0 heterocycles. The summed E-state index contributed by atoms with van der Waals surface area (Å²) in [7, 11) is 0. The maximum absolute atomic E-state index is 4.20. The van der Waals surface area contributed by atoms with Gasteiger partial charge in [0, 0.05) is 4.58 Å². The highest BCUT2D eigenvalue weighted by Crippen LogP contribution is 2.13. The average molecular weight is 136 g/mol. The second-order valence-corrected chi connectivity index (χ2v) is 4.04. The first-order valence-corrected chi connectivity index (χ1v) is 4.13. The van der Waals surface area contributed by atoms with Crippen LogP contribution in [0.3, 0.4) is 0 Å². The van der Waals surface area contributed by atoms with Gasteiger partial charge >= 0.3 is 0 Å². The van der Waals surface area contributed by atoms with Gasteiger partial charge in [-0.05, 0) is 19.1 Å². The van der Waals surface area contributed by atoms with E-state index in [0.717, 1.165) is 0 Å². The van der Waals surface area contributed by atoms with Crippen LogP contribution in [0, 0.1) is 0 Å². The number of thioether (sulfide) groups is 1. The molecule has 0 bridgehead atoms. The summed E-state index contributed by atoms with van der Waals surface area (Å²) in [5.41, 5.74) is 0. The molecule has 0 aliphatic heterocycles. The fourth-order valence-corrected chi connectivity index (χ4v) is 1.18. The molecule has 2 heteroatoms. The maximum atomic E-state index is 4.20. The third-order valence-electron chi connectivity index (χ3n) is 0.563. The summed E-state index contributed by atoms with van der Waals surface area (Å²) < 4.78 is 0.514. The van der Waals surface area contributed by atoms with Crippen molar-refractivity contribution in [3.63, 3.8) is 0 Å². The van der Waals surface area contributed by atoms with Crippen LogP contribution in [0.15, 0.2) is 0 Å². The van der Waals surface area contributed by atoms with Gasteiger partial charge in [0.05, 0.1) is 0 Å². The van der Waals surface area contributed by atoms with Crippen molar-refractivity contribution in [1.29, 1.82) is 0 Å². The fourth-order valence-electron chi connectivity index (χ4n) is 0.288. The van der Waals surface area contributed by atoms with Gasteiger partial charge in [-0.2, -0.15) is 12.6 Å². The second-order valence-electron chi connectivity index (χ2n) is 1.47. The predicted octanol–water partition coefficient (Wildman–Crippen LogP) is 2.41. The van der Waals surface area contributed by atoms with Crippen molar-refractivity contribution in [2.75, 3.05) is 5.75 Å². The monoisotopic (exact) mass is 136 g/mol. The molecule has 0 rings (SSSR count). The molecule has 1 atom stereocenters. The highest BCUT2D eigenvalue weighted by Gasteiger charge is 1.89. The Morgan fingerprint density at radius 2 is 2.29 bits per heavy atom. The van der Waals surface area contributed by atoms with Crippen LogP contribution >= 0.6 is 24.4 Å². The summed E-state index contributed by atoms with van der Waals surface area (Å²) in [6, 6.07) is 0.